The van der Waals surface area contributed by atoms with E-state index in [9.17, 15) is 0 Å². The second-order valence-electron chi connectivity index (χ2n) is 5.30. The first-order chi connectivity index (χ1) is 10.2. The van der Waals surface area contributed by atoms with E-state index in [-0.39, 0.29) is 5.92 Å². The Morgan fingerprint density at radius 3 is 2.62 bits per heavy atom. The molecule has 3 aromatic rings. The van der Waals surface area contributed by atoms with E-state index in [0.717, 1.165) is 16.6 Å². The number of nitrogens with zero attached hydrogens (tertiary/aromatic N) is 4. The van der Waals surface area contributed by atoms with E-state index in [4.69, 9.17) is 10.3 Å². The Kier molecular flexibility index (Phi) is 3.62. The molecule has 0 aliphatic heterocycles. The minimum Gasteiger partial charge on any atom is -0.339 e. The highest BCUT2D eigenvalue weighted by atomic mass is 16.5. The first-order valence-corrected chi connectivity index (χ1v) is 6.94. The third kappa shape index (κ3) is 2.62. The number of hydrogen-bond acceptors (Lipinski definition) is 6. The van der Waals surface area contributed by atoms with Crippen molar-refractivity contribution in [3.05, 3.63) is 36.5 Å². The molecule has 6 heteroatoms. The molecule has 2 heterocycles. The molecule has 6 nitrogen and oxygen atoms in total. The summed E-state index contributed by atoms with van der Waals surface area (Å²) in [7, 11) is 0. The molecule has 0 amide bonds. The van der Waals surface area contributed by atoms with Gasteiger partial charge in [0.2, 0.25) is 11.7 Å². The number of fused-ring (bicyclic) bond motifs is 1. The second-order valence-corrected chi connectivity index (χ2v) is 5.30. The molecular weight excluding hydrogens is 266 g/mol. The smallest absolute Gasteiger partial charge is 0.231 e. The molecular formula is C15H17N5O. The third-order valence-electron chi connectivity index (χ3n) is 3.55. The van der Waals surface area contributed by atoms with Gasteiger partial charge in [0.1, 0.15) is 0 Å². The lowest BCUT2D eigenvalue weighted by Crippen LogP contribution is -2.18. The monoisotopic (exact) mass is 283 g/mol. The molecule has 2 aromatic heterocycles. The van der Waals surface area contributed by atoms with E-state index in [2.05, 4.69) is 34.0 Å². The van der Waals surface area contributed by atoms with E-state index >= 15 is 0 Å². The Balaban J connectivity index is 1.97. The zero-order valence-corrected chi connectivity index (χ0v) is 12.0. The number of rotatable bonds is 4. The van der Waals surface area contributed by atoms with Gasteiger partial charge in [-0.1, -0.05) is 19.0 Å². The summed E-state index contributed by atoms with van der Waals surface area (Å²) in [4.78, 5) is 13.0. The van der Waals surface area contributed by atoms with Gasteiger partial charge in [0, 0.05) is 24.5 Å². The molecule has 0 radical (unpaired) electrons. The number of hydrogen-bond donors (Lipinski definition) is 1. The summed E-state index contributed by atoms with van der Waals surface area (Å²) >= 11 is 0. The van der Waals surface area contributed by atoms with E-state index in [1.165, 1.54) is 0 Å². The van der Waals surface area contributed by atoms with Gasteiger partial charge >= 0.3 is 0 Å². The molecule has 0 aliphatic rings. The fraction of sp³-hybridized carbons (Fsp3) is 0.333. The van der Waals surface area contributed by atoms with Crippen LogP contribution in [-0.2, 0) is 0 Å². The molecule has 0 bridgehead atoms. The van der Waals surface area contributed by atoms with Gasteiger partial charge in [0.05, 0.1) is 17.0 Å². The van der Waals surface area contributed by atoms with Crippen molar-refractivity contribution in [1.82, 2.24) is 20.1 Å². The highest BCUT2D eigenvalue weighted by Gasteiger charge is 2.21. The number of aromatic nitrogens is 4. The van der Waals surface area contributed by atoms with Crippen LogP contribution in [0.5, 0.6) is 0 Å². The van der Waals surface area contributed by atoms with Crippen LogP contribution in [0.15, 0.2) is 35.1 Å². The Labute approximate surface area is 122 Å². The lowest BCUT2D eigenvalue weighted by atomic mass is 9.96. The minimum absolute atomic E-state index is 0.0755. The van der Waals surface area contributed by atoms with Crippen molar-refractivity contribution >= 4 is 11.0 Å². The largest absolute Gasteiger partial charge is 0.339 e. The number of benzene rings is 1. The highest BCUT2D eigenvalue weighted by molar-refractivity contribution is 5.79. The maximum Gasteiger partial charge on any atom is 0.231 e. The van der Waals surface area contributed by atoms with Gasteiger partial charge in [0.15, 0.2) is 0 Å². The lowest BCUT2D eigenvalue weighted by Gasteiger charge is -2.13. The summed E-state index contributed by atoms with van der Waals surface area (Å²) in [5.41, 5.74) is 8.29. The van der Waals surface area contributed by atoms with Crippen LogP contribution in [0.25, 0.3) is 22.4 Å². The van der Waals surface area contributed by atoms with Gasteiger partial charge < -0.3 is 10.3 Å². The minimum atomic E-state index is 0.0755. The molecule has 108 valence electrons. The fourth-order valence-corrected chi connectivity index (χ4v) is 2.26. The molecule has 3 rings (SSSR count). The Hall–Kier alpha value is -2.34. The van der Waals surface area contributed by atoms with E-state index in [1.54, 1.807) is 12.4 Å². The van der Waals surface area contributed by atoms with Crippen LogP contribution in [0, 0.1) is 5.92 Å². The summed E-state index contributed by atoms with van der Waals surface area (Å²) in [5.74, 6) is 1.57. The van der Waals surface area contributed by atoms with Crippen LogP contribution in [0.3, 0.4) is 0 Å². The van der Waals surface area contributed by atoms with Crippen molar-refractivity contribution in [3.63, 3.8) is 0 Å². The van der Waals surface area contributed by atoms with E-state index < -0.39 is 0 Å². The fourth-order valence-electron chi connectivity index (χ4n) is 2.26. The van der Waals surface area contributed by atoms with Gasteiger partial charge in [-0.3, -0.25) is 9.97 Å². The molecule has 1 atom stereocenters. The molecule has 0 fully saturated rings. The molecule has 2 N–H and O–H groups in total. The Bertz CT molecular complexity index is 752. The van der Waals surface area contributed by atoms with Gasteiger partial charge in [-0.05, 0) is 24.1 Å². The maximum atomic E-state index is 5.78. The zero-order chi connectivity index (χ0) is 14.8. The molecule has 1 aromatic carbocycles. The predicted molar refractivity (Wildman–Crippen MR) is 79.5 cm³/mol. The van der Waals surface area contributed by atoms with Crippen molar-refractivity contribution < 1.29 is 4.52 Å². The zero-order valence-electron chi connectivity index (χ0n) is 12.0. The Morgan fingerprint density at radius 1 is 1.14 bits per heavy atom. The SMILES string of the molecule is CC(C)C(CN)c1nc(-c2ccc3nccnc3c2)no1. The van der Waals surface area contributed by atoms with E-state index in [0.29, 0.717) is 24.2 Å². The first kappa shape index (κ1) is 13.6. The van der Waals surface area contributed by atoms with Crippen molar-refractivity contribution in [3.8, 4) is 11.4 Å². The van der Waals surface area contributed by atoms with Crippen LogP contribution in [0.2, 0.25) is 0 Å². The summed E-state index contributed by atoms with van der Waals surface area (Å²) in [5, 5.41) is 4.05. The lowest BCUT2D eigenvalue weighted by molar-refractivity contribution is 0.324. The van der Waals surface area contributed by atoms with Crippen molar-refractivity contribution in [2.75, 3.05) is 6.54 Å². The second kappa shape index (κ2) is 5.57. The van der Waals surface area contributed by atoms with Crippen LogP contribution in [-0.4, -0.2) is 26.7 Å². The average Bonchev–Trinajstić information content (AvgIpc) is 2.96. The summed E-state index contributed by atoms with van der Waals surface area (Å²) in [6, 6.07) is 5.72. The van der Waals surface area contributed by atoms with Crippen molar-refractivity contribution in [1.29, 1.82) is 0 Å². The molecule has 0 saturated carbocycles. The molecule has 21 heavy (non-hydrogen) atoms. The molecule has 1 unspecified atom stereocenters. The summed E-state index contributed by atoms with van der Waals surface area (Å²) < 4.78 is 5.37. The maximum absolute atomic E-state index is 5.78. The molecule has 0 spiro atoms. The van der Waals surface area contributed by atoms with Crippen molar-refractivity contribution in [2.24, 2.45) is 11.7 Å². The highest BCUT2D eigenvalue weighted by Crippen LogP contribution is 2.25. The van der Waals surface area contributed by atoms with Crippen LogP contribution >= 0.6 is 0 Å². The summed E-state index contributed by atoms with van der Waals surface area (Å²) in [6.45, 7) is 4.67. The normalized spacial score (nSPS) is 13.0. The number of nitrogens with two attached hydrogens (primary N) is 1. The Morgan fingerprint density at radius 2 is 1.90 bits per heavy atom. The predicted octanol–water partition coefficient (Wildman–Crippen LogP) is 2.38. The van der Waals surface area contributed by atoms with Gasteiger partial charge in [-0.2, -0.15) is 4.98 Å². The summed E-state index contributed by atoms with van der Waals surface area (Å²) in [6.07, 6.45) is 3.33. The average molecular weight is 283 g/mol. The molecule has 0 aliphatic carbocycles. The van der Waals surface area contributed by atoms with Gasteiger partial charge in [0.25, 0.3) is 0 Å². The standard InChI is InChI=1S/C15H17N5O/c1-9(2)11(8-16)15-19-14(20-21-15)10-3-4-12-13(7-10)18-6-5-17-12/h3-7,9,11H,8,16H2,1-2H3. The quantitative estimate of drug-likeness (QED) is 0.790. The topological polar surface area (TPSA) is 90.7 Å². The van der Waals surface area contributed by atoms with E-state index in [1.807, 2.05) is 18.2 Å². The van der Waals surface area contributed by atoms with Crippen LogP contribution in [0.4, 0.5) is 0 Å². The van der Waals surface area contributed by atoms with Gasteiger partial charge in [-0.15, -0.1) is 0 Å². The first-order valence-electron chi connectivity index (χ1n) is 6.94. The van der Waals surface area contributed by atoms with Crippen molar-refractivity contribution in [2.45, 2.75) is 19.8 Å². The molecule has 0 saturated heterocycles. The van der Waals surface area contributed by atoms with Crippen LogP contribution < -0.4 is 5.73 Å². The third-order valence-corrected chi connectivity index (χ3v) is 3.55. The van der Waals surface area contributed by atoms with Crippen LogP contribution in [0.1, 0.15) is 25.7 Å². The van der Waals surface area contributed by atoms with Gasteiger partial charge in [-0.25, -0.2) is 0 Å².